The number of para-hydroxylation sites is 1. The van der Waals surface area contributed by atoms with Crippen LogP contribution in [0.15, 0.2) is 72.8 Å². The quantitative estimate of drug-likeness (QED) is 0.280. The highest BCUT2D eigenvalue weighted by Gasteiger charge is 2.31. The van der Waals surface area contributed by atoms with Crippen molar-refractivity contribution >= 4 is 50.7 Å². The van der Waals surface area contributed by atoms with E-state index >= 15 is 0 Å². The Bertz CT molecular complexity index is 1420. The number of nitrogens with one attached hydrogen (secondary N) is 1. The number of amides is 2. The van der Waals surface area contributed by atoms with E-state index in [1.165, 1.54) is 23.1 Å². The van der Waals surface area contributed by atoms with Crippen LogP contribution in [0, 0.1) is 5.82 Å². The molecule has 0 radical (unpaired) electrons. The van der Waals surface area contributed by atoms with E-state index in [1.807, 2.05) is 30.3 Å². The molecule has 0 aromatic heterocycles. The number of anilines is 1. The van der Waals surface area contributed by atoms with E-state index in [-0.39, 0.29) is 49.9 Å². The van der Waals surface area contributed by atoms with Gasteiger partial charge in [0.25, 0.3) is 0 Å². The van der Waals surface area contributed by atoms with Gasteiger partial charge in [-0.3, -0.25) is 13.9 Å². The summed E-state index contributed by atoms with van der Waals surface area (Å²) in [6.45, 7) is 2.08. The van der Waals surface area contributed by atoms with Crippen LogP contribution in [0.5, 0.6) is 0 Å². The van der Waals surface area contributed by atoms with Gasteiger partial charge in [-0.2, -0.15) is 0 Å². The molecule has 0 spiro atoms. The number of hydrogen-bond acceptors (Lipinski definition) is 4. The summed E-state index contributed by atoms with van der Waals surface area (Å²) in [7, 11) is -3.82. The highest BCUT2D eigenvalue weighted by atomic mass is 35.5. The number of likely N-dealkylation sites (N-methyl/N-ethyl adjacent to an activating group) is 1. The third kappa shape index (κ3) is 8.68. The first-order valence-corrected chi connectivity index (χ1v) is 15.4. The van der Waals surface area contributed by atoms with Gasteiger partial charge >= 0.3 is 0 Å². The van der Waals surface area contributed by atoms with Crippen LogP contribution in [0.25, 0.3) is 0 Å². The van der Waals surface area contributed by atoms with E-state index in [2.05, 4.69) is 5.32 Å². The van der Waals surface area contributed by atoms with Gasteiger partial charge in [0.1, 0.15) is 11.9 Å². The molecule has 40 heavy (non-hydrogen) atoms. The first-order chi connectivity index (χ1) is 19.0. The summed E-state index contributed by atoms with van der Waals surface area (Å²) in [4.78, 5) is 28.5. The van der Waals surface area contributed by atoms with Gasteiger partial charge < -0.3 is 10.2 Å². The molecule has 3 aromatic carbocycles. The average molecular weight is 609 g/mol. The third-order valence-corrected chi connectivity index (χ3v) is 8.02. The molecule has 1 atom stereocenters. The van der Waals surface area contributed by atoms with E-state index in [4.69, 9.17) is 23.2 Å². The Morgan fingerprint density at radius 3 is 2.30 bits per heavy atom. The molecule has 3 rings (SSSR count). The summed E-state index contributed by atoms with van der Waals surface area (Å²) in [5.41, 5.74) is 1.37. The van der Waals surface area contributed by atoms with Crippen molar-refractivity contribution < 1.29 is 22.4 Å². The van der Waals surface area contributed by atoms with Crippen LogP contribution in [-0.2, 0) is 32.6 Å². The van der Waals surface area contributed by atoms with Crippen molar-refractivity contribution in [1.29, 1.82) is 0 Å². The number of nitrogens with zero attached hydrogens (tertiary/aromatic N) is 2. The van der Waals surface area contributed by atoms with E-state index in [0.29, 0.717) is 22.2 Å². The molecule has 1 N–H and O–H groups in total. The second-order valence-corrected chi connectivity index (χ2v) is 12.0. The standard InChI is InChI=1S/C29H32Cl2FN3O4S/c1-3-33-29(37)27(18-21-10-5-4-6-11-21)34(20-22-15-16-23(30)19-24(22)31)28(36)14-9-17-35(40(2,38)39)26-13-8-7-12-25(26)32/h4-8,10-13,15-16,19,27H,3,9,14,17-18,20H2,1-2H3,(H,33,37)/t27-/m0/s1. The number of hydrogen-bond donors (Lipinski definition) is 1. The summed E-state index contributed by atoms with van der Waals surface area (Å²) in [6.07, 6.45) is 1.25. The van der Waals surface area contributed by atoms with E-state index in [0.717, 1.165) is 16.1 Å². The molecule has 0 aliphatic rings. The summed E-state index contributed by atoms with van der Waals surface area (Å²) in [6, 6.07) is 19.0. The second kappa shape index (κ2) is 14.5. The van der Waals surface area contributed by atoms with Crippen molar-refractivity contribution in [3.05, 3.63) is 99.8 Å². The first kappa shape index (κ1) is 31.4. The van der Waals surface area contributed by atoms with Crippen molar-refractivity contribution in [2.45, 2.75) is 38.8 Å². The maximum atomic E-state index is 14.4. The Labute approximate surface area is 244 Å². The predicted molar refractivity (Wildman–Crippen MR) is 157 cm³/mol. The van der Waals surface area contributed by atoms with Crippen molar-refractivity contribution in [3.8, 4) is 0 Å². The maximum absolute atomic E-state index is 14.4. The van der Waals surface area contributed by atoms with Crippen LogP contribution in [0.4, 0.5) is 10.1 Å². The molecule has 0 unspecified atom stereocenters. The Morgan fingerprint density at radius 2 is 1.68 bits per heavy atom. The van der Waals surface area contributed by atoms with E-state index in [9.17, 15) is 22.4 Å². The normalized spacial score (nSPS) is 12.0. The SMILES string of the molecule is CCNC(=O)[C@H](Cc1ccccc1)N(Cc1ccc(Cl)cc1Cl)C(=O)CCCN(c1ccccc1F)S(C)(=O)=O. The van der Waals surface area contributed by atoms with Gasteiger partial charge in [0.2, 0.25) is 21.8 Å². The fourth-order valence-corrected chi connectivity index (χ4v) is 5.75. The third-order valence-electron chi connectivity index (χ3n) is 6.25. The fraction of sp³-hybridized carbons (Fsp3) is 0.310. The average Bonchev–Trinajstić information content (AvgIpc) is 2.90. The Morgan fingerprint density at radius 1 is 1.00 bits per heavy atom. The molecule has 0 saturated carbocycles. The topological polar surface area (TPSA) is 86.8 Å². The zero-order valence-corrected chi connectivity index (χ0v) is 24.6. The largest absolute Gasteiger partial charge is 0.355 e. The van der Waals surface area contributed by atoms with Gasteiger partial charge in [-0.05, 0) is 48.7 Å². The summed E-state index contributed by atoms with van der Waals surface area (Å²) in [5, 5.41) is 3.60. The number of carbonyl (C=O) groups is 2. The number of sulfonamides is 1. The molecule has 3 aromatic rings. The van der Waals surface area contributed by atoms with Gasteiger partial charge in [-0.1, -0.05) is 71.7 Å². The molecule has 0 heterocycles. The van der Waals surface area contributed by atoms with Crippen LogP contribution >= 0.6 is 23.2 Å². The molecule has 7 nitrogen and oxygen atoms in total. The Kier molecular flexibility index (Phi) is 11.4. The molecule has 0 aliphatic heterocycles. The predicted octanol–water partition coefficient (Wildman–Crippen LogP) is 5.45. The minimum Gasteiger partial charge on any atom is -0.355 e. The molecule has 11 heteroatoms. The second-order valence-electron chi connectivity index (χ2n) is 9.25. The van der Waals surface area contributed by atoms with Crippen molar-refractivity contribution in [1.82, 2.24) is 10.2 Å². The lowest BCUT2D eigenvalue weighted by molar-refractivity contribution is -0.141. The lowest BCUT2D eigenvalue weighted by Gasteiger charge is -2.32. The molecule has 0 bridgehead atoms. The van der Waals surface area contributed by atoms with Crippen LogP contribution in [0.1, 0.15) is 30.9 Å². The molecular formula is C29H32Cl2FN3O4S. The van der Waals surface area contributed by atoms with Crippen molar-refractivity contribution in [2.24, 2.45) is 0 Å². The molecule has 0 saturated heterocycles. The molecule has 0 fully saturated rings. The lowest BCUT2D eigenvalue weighted by atomic mass is 10.0. The van der Waals surface area contributed by atoms with Crippen LogP contribution in [0.2, 0.25) is 10.0 Å². The van der Waals surface area contributed by atoms with Crippen LogP contribution in [0.3, 0.4) is 0 Å². The van der Waals surface area contributed by atoms with Gasteiger partial charge in [0, 0.05) is 42.5 Å². The zero-order valence-electron chi connectivity index (χ0n) is 22.3. The lowest BCUT2D eigenvalue weighted by Crippen LogP contribution is -2.50. The minimum atomic E-state index is -3.82. The number of halogens is 3. The number of carbonyl (C=O) groups excluding carboxylic acids is 2. The van der Waals surface area contributed by atoms with E-state index < -0.39 is 21.9 Å². The molecular weight excluding hydrogens is 576 g/mol. The molecule has 214 valence electrons. The highest BCUT2D eigenvalue weighted by molar-refractivity contribution is 7.92. The summed E-state index contributed by atoms with van der Waals surface area (Å²) < 4.78 is 40.3. The molecule has 0 aliphatic carbocycles. The smallest absolute Gasteiger partial charge is 0.243 e. The summed E-state index contributed by atoms with van der Waals surface area (Å²) >= 11 is 12.5. The fourth-order valence-electron chi connectivity index (χ4n) is 4.32. The highest BCUT2D eigenvalue weighted by Crippen LogP contribution is 2.26. The monoisotopic (exact) mass is 607 g/mol. The first-order valence-electron chi connectivity index (χ1n) is 12.8. The number of benzene rings is 3. The van der Waals surface area contributed by atoms with Gasteiger partial charge in [0.05, 0.1) is 11.9 Å². The minimum absolute atomic E-state index is 0.0343. The van der Waals surface area contributed by atoms with Crippen molar-refractivity contribution in [2.75, 3.05) is 23.7 Å². The van der Waals surface area contributed by atoms with Crippen LogP contribution in [-0.4, -0.2) is 50.5 Å². The molecule has 2 amide bonds. The van der Waals surface area contributed by atoms with E-state index in [1.54, 1.807) is 31.2 Å². The summed E-state index contributed by atoms with van der Waals surface area (Å²) in [5.74, 6) is -1.38. The number of rotatable bonds is 13. The van der Waals surface area contributed by atoms with Gasteiger partial charge in [-0.25, -0.2) is 12.8 Å². The van der Waals surface area contributed by atoms with Crippen LogP contribution < -0.4 is 9.62 Å². The zero-order chi connectivity index (χ0) is 29.3. The van der Waals surface area contributed by atoms with Crippen molar-refractivity contribution in [3.63, 3.8) is 0 Å². The maximum Gasteiger partial charge on any atom is 0.243 e. The van der Waals surface area contributed by atoms with Gasteiger partial charge in [0.15, 0.2) is 0 Å². The Balaban J connectivity index is 1.90. The Hall–Kier alpha value is -3.14. The van der Waals surface area contributed by atoms with Gasteiger partial charge in [-0.15, -0.1) is 0 Å².